The van der Waals surface area contributed by atoms with Crippen molar-refractivity contribution in [3.05, 3.63) is 45.9 Å². The first-order valence-electron chi connectivity index (χ1n) is 6.82. The Balaban J connectivity index is 2.11. The fourth-order valence-corrected chi connectivity index (χ4v) is 2.82. The summed E-state index contributed by atoms with van der Waals surface area (Å²) in [6.07, 6.45) is 0.334. The Morgan fingerprint density at radius 3 is 2.76 bits per heavy atom. The average molecular weight is 304 g/mol. The van der Waals surface area contributed by atoms with Gasteiger partial charge in [-0.3, -0.25) is 4.79 Å². The van der Waals surface area contributed by atoms with E-state index in [0.717, 1.165) is 22.0 Å². The summed E-state index contributed by atoms with van der Waals surface area (Å²) >= 11 is 1.57. The normalized spacial score (nSPS) is 12.0. The molecule has 1 aromatic carbocycles. The number of aryl methyl sites for hydroxylation is 1. The molecule has 1 atom stereocenters. The maximum absolute atomic E-state index is 12.4. The number of nitrogens with zero attached hydrogens (tertiary/aromatic N) is 2. The van der Waals surface area contributed by atoms with Gasteiger partial charge in [0.2, 0.25) is 5.91 Å². The van der Waals surface area contributed by atoms with Crippen LogP contribution in [0.3, 0.4) is 0 Å². The zero-order chi connectivity index (χ0) is 15.4. The first-order chi connectivity index (χ1) is 10.0. The smallest absolute Gasteiger partial charge is 0.228 e. The zero-order valence-electron chi connectivity index (χ0n) is 12.8. The third kappa shape index (κ3) is 3.61. The molecule has 0 saturated heterocycles. The number of ether oxygens (including phenoxy) is 1. The van der Waals surface area contributed by atoms with Gasteiger partial charge in [0.05, 0.1) is 30.3 Å². The number of methoxy groups -OCH3 is 1. The second kappa shape index (κ2) is 6.72. The lowest BCUT2D eigenvalue weighted by Gasteiger charge is -2.26. The van der Waals surface area contributed by atoms with Crippen LogP contribution in [0, 0.1) is 6.92 Å². The summed E-state index contributed by atoms with van der Waals surface area (Å²) in [6, 6.07) is 7.73. The van der Waals surface area contributed by atoms with Crippen molar-refractivity contribution in [3.8, 4) is 5.75 Å². The standard InChI is InChI=1S/C16H20N2O2S/c1-11(14-7-5-6-8-15(14)20-4)18(3)16(19)9-13-10-21-12(2)17-13/h5-8,10-11H,9H2,1-4H3. The molecule has 0 aliphatic carbocycles. The van der Waals surface area contributed by atoms with Gasteiger partial charge < -0.3 is 9.64 Å². The van der Waals surface area contributed by atoms with Gasteiger partial charge in [-0.15, -0.1) is 11.3 Å². The van der Waals surface area contributed by atoms with E-state index in [1.807, 2.05) is 50.5 Å². The van der Waals surface area contributed by atoms with Crippen LogP contribution < -0.4 is 4.74 Å². The van der Waals surface area contributed by atoms with E-state index < -0.39 is 0 Å². The molecule has 21 heavy (non-hydrogen) atoms. The van der Waals surface area contributed by atoms with E-state index in [2.05, 4.69) is 4.98 Å². The highest BCUT2D eigenvalue weighted by molar-refractivity contribution is 7.09. The predicted molar refractivity (Wildman–Crippen MR) is 84.7 cm³/mol. The molecule has 0 bridgehead atoms. The first kappa shape index (κ1) is 15.5. The van der Waals surface area contributed by atoms with E-state index in [1.54, 1.807) is 23.3 Å². The highest BCUT2D eigenvalue weighted by Crippen LogP contribution is 2.28. The topological polar surface area (TPSA) is 42.4 Å². The van der Waals surface area contributed by atoms with Crippen LogP contribution in [0.25, 0.3) is 0 Å². The number of rotatable bonds is 5. The van der Waals surface area contributed by atoms with Gasteiger partial charge >= 0.3 is 0 Å². The number of benzene rings is 1. The van der Waals surface area contributed by atoms with Crippen LogP contribution in [0.4, 0.5) is 0 Å². The van der Waals surface area contributed by atoms with Crippen LogP contribution in [0.1, 0.15) is 29.2 Å². The molecule has 0 spiro atoms. The molecule has 1 unspecified atom stereocenters. The van der Waals surface area contributed by atoms with E-state index in [0.29, 0.717) is 6.42 Å². The number of likely N-dealkylation sites (N-methyl/N-ethyl adjacent to an activating group) is 1. The summed E-state index contributed by atoms with van der Waals surface area (Å²) in [5.41, 5.74) is 1.84. The molecule has 112 valence electrons. The van der Waals surface area contributed by atoms with E-state index in [-0.39, 0.29) is 11.9 Å². The van der Waals surface area contributed by atoms with Gasteiger partial charge in [0.15, 0.2) is 0 Å². The van der Waals surface area contributed by atoms with E-state index >= 15 is 0 Å². The highest BCUT2D eigenvalue weighted by Gasteiger charge is 2.20. The second-order valence-electron chi connectivity index (χ2n) is 4.96. The summed E-state index contributed by atoms with van der Waals surface area (Å²) in [5.74, 6) is 0.854. The Kier molecular flexibility index (Phi) is 4.96. The van der Waals surface area contributed by atoms with Crippen molar-refractivity contribution in [3.63, 3.8) is 0 Å². The van der Waals surface area contributed by atoms with Gasteiger partial charge in [0, 0.05) is 18.0 Å². The van der Waals surface area contributed by atoms with Gasteiger partial charge in [-0.1, -0.05) is 18.2 Å². The molecule has 2 rings (SSSR count). The molecule has 0 aliphatic rings. The number of para-hydroxylation sites is 1. The number of amides is 1. The number of hydrogen-bond acceptors (Lipinski definition) is 4. The Labute approximate surface area is 129 Å². The second-order valence-corrected chi connectivity index (χ2v) is 6.02. The molecule has 0 saturated carbocycles. The molecular formula is C16H20N2O2S. The molecule has 4 nitrogen and oxygen atoms in total. The Morgan fingerprint density at radius 1 is 1.43 bits per heavy atom. The minimum Gasteiger partial charge on any atom is -0.496 e. The Morgan fingerprint density at radius 2 is 2.14 bits per heavy atom. The van der Waals surface area contributed by atoms with Crippen LogP contribution >= 0.6 is 11.3 Å². The number of carbonyl (C=O) groups excluding carboxylic acids is 1. The molecule has 1 heterocycles. The SMILES string of the molecule is COc1ccccc1C(C)N(C)C(=O)Cc1csc(C)n1. The van der Waals surface area contributed by atoms with Crippen molar-refractivity contribution >= 4 is 17.2 Å². The summed E-state index contributed by atoms with van der Waals surface area (Å²) in [6.45, 7) is 3.95. The molecule has 2 aromatic rings. The van der Waals surface area contributed by atoms with Crippen LogP contribution in [-0.4, -0.2) is 29.9 Å². The number of thiazole rings is 1. The van der Waals surface area contributed by atoms with E-state index in [4.69, 9.17) is 4.74 Å². The number of carbonyl (C=O) groups is 1. The quantitative estimate of drug-likeness (QED) is 0.852. The first-order valence-corrected chi connectivity index (χ1v) is 7.70. The lowest BCUT2D eigenvalue weighted by Crippen LogP contribution is -2.31. The number of aromatic nitrogens is 1. The fraction of sp³-hybridized carbons (Fsp3) is 0.375. The predicted octanol–water partition coefficient (Wildman–Crippen LogP) is 3.22. The molecule has 0 aliphatic heterocycles. The van der Waals surface area contributed by atoms with E-state index in [1.165, 1.54) is 0 Å². The van der Waals surface area contributed by atoms with Gasteiger partial charge in [-0.25, -0.2) is 4.98 Å². The Hall–Kier alpha value is -1.88. The largest absolute Gasteiger partial charge is 0.496 e. The van der Waals surface area contributed by atoms with Gasteiger partial charge in [-0.2, -0.15) is 0 Å². The highest BCUT2D eigenvalue weighted by atomic mass is 32.1. The van der Waals surface area contributed by atoms with Crippen molar-refractivity contribution in [2.24, 2.45) is 0 Å². The molecule has 5 heteroatoms. The lowest BCUT2D eigenvalue weighted by atomic mass is 10.1. The molecule has 0 radical (unpaired) electrons. The van der Waals surface area contributed by atoms with Crippen molar-refractivity contribution in [2.45, 2.75) is 26.3 Å². The third-order valence-corrected chi connectivity index (χ3v) is 4.38. The van der Waals surface area contributed by atoms with Crippen LogP contribution in [0.2, 0.25) is 0 Å². The molecule has 0 N–H and O–H groups in total. The lowest BCUT2D eigenvalue weighted by molar-refractivity contribution is -0.131. The monoisotopic (exact) mass is 304 g/mol. The third-order valence-electron chi connectivity index (χ3n) is 3.56. The maximum Gasteiger partial charge on any atom is 0.228 e. The molecule has 1 aromatic heterocycles. The van der Waals surface area contributed by atoms with Gasteiger partial charge in [0.1, 0.15) is 5.75 Å². The zero-order valence-corrected chi connectivity index (χ0v) is 13.6. The fourth-order valence-electron chi connectivity index (χ4n) is 2.21. The average Bonchev–Trinajstić information content (AvgIpc) is 2.90. The minimum absolute atomic E-state index is 0.0478. The molecular weight excluding hydrogens is 284 g/mol. The number of hydrogen-bond donors (Lipinski definition) is 0. The minimum atomic E-state index is -0.0478. The van der Waals surface area contributed by atoms with Crippen molar-refractivity contribution < 1.29 is 9.53 Å². The van der Waals surface area contributed by atoms with Crippen molar-refractivity contribution in [2.75, 3.05) is 14.2 Å². The van der Waals surface area contributed by atoms with Crippen molar-refractivity contribution in [1.82, 2.24) is 9.88 Å². The summed E-state index contributed by atoms with van der Waals surface area (Å²) in [7, 11) is 3.46. The molecule has 0 fully saturated rings. The van der Waals surface area contributed by atoms with E-state index in [9.17, 15) is 4.79 Å². The van der Waals surface area contributed by atoms with Gasteiger partial charge in [0.25, 0.3) is 0 Å². The summed E-state index contributed by atoms with van der Waals surface area (Å²) in [5, 5.41) is 2.92. The van der Waals surface area contributed by atoms with Gasteiger partial charge in [-0.05, 0) is 19.9 Å². The molecule has 1 amide bonds. The summed E-state index contributed by atoms with van der Waals surface area (Å²) in [4.78, 5) is 18.5. The van der Waals surface area contributed by atoms with Crippen LogP contribution in [0.15, 0.2) is 29.6 Å². The maximum atomic E-state index is 12.4. The summed E-state index contributed by atoms with van der Waals surface area (Å²) < 4.78 is 5.37. The van der Waals surface area contributed by atoms with Crippen molar-refractivity contribution in [1.29, 1.82) is 0 Å². The van der Waals surface area contributed by atoms with Crippen LogP contribution in [0.5, 0.6) is 5.75 Å². The Bertz CT molecular complexity index is 624. The van der Waals surface area contributed by atoms with Crippen LogP contribution in [-0.2, 0) is 11.2 Å².